The zero-order chi connectivity index (χ0) is 67.4. The number of aryl methyl sites for hydroxylation is 2. The lowest BCUT2D eigenvalue weighted by atomic mass is 9.91. The van der Waals surface area contributed by atoms with E-state index in [4.69, 9.17) is 20.6 Å². The van der Waals surface area contributed by atoms with Crippen molar-refractivity contribution in [3.63, 3.8) is 0 Å². The summed E-state index contributed by atoms with van der Waals surface area (Å²) in [7, 11) is 0. The first kappa shape index (κ1) is 73.6. The van der Waals surface area contributed by atoms with Crippen LogP contribution >= 0.6 is 11.8 Å². The van der Waals surface area contributed by atoms with E-state index in [0.717, 1.165) is 48.3 Å². The number of hydrogen-bond acceptors (Lipinski definition) is 19. The van der Waals surface area contributed by atoms with Crippen molar-refractivity contribution < 1.29 is 76.0 Å². The molecule has 512 valence electrons. The molecule has 2 aromatic carbocycles. The van der Waals surface area contributed by atoms with E-state index in [2.05, 4.69) is 51.1 Å². The molecule has 28 heteroatoms. The molecular formula is C66H89F2N11O14S. The van der Waals surface area contributed by atoms with Gasteiger partial charge >= 0.3 is 5.97 Å². The number of carboxylic acids is 1. The Morgan fingerprint density at radius 3 is 2.13 bits per heavy atom. The Morgan fingerprint density at radius 2 is 1.47 bits per heavy atom. The number of unbranched alkanes of at least 4 members (excludes halogenated alkanes) is 2. The van der Waals surface area contributed by atoms with Crippen molar-refractivity contribution in [2.45, 2.75) is 114 Å². The summed E-state index contributed by atoms with van der Waals surface area (Å²) < 4.78 is 44.1. The summed E-state index contributed by atoms with van der Waals surface area (Å²) in [5.41, 5.74) is 3.08. The number of piperidine rings is 1. The lowest BCUT2D eigenvalue weighted by Crippen LogP contribution is -2.50. The number of ether oxygens (including phenoxy) is 3. The van der Waals surface area contributed by atoms with Gasteiger partial charge in [-0.1, -0.05) is 42.2 Å². The Labute approximate surface area is 551 Å². The third-order valence-electron chi connectivity index (χ3n) is 17.3. The van der Waals surface area contributed by atoms with Gasteiger partial charge in [-0.15, -0.1) is 18.2 Å². The lowest BCUT2D eigenvalue weighted by Gasteiger charge is -2.33. The Balaban J connectivity index is 0.864. The Bertz CT molecular complexity index is 3100. The zero-order valence-corrected chi connectivity index (χ0v) is 54.4. The van der Waals surface area contributed by atoms with Gasteiger partial charge in [0.1, 0.15) is 25.8 Å². The van der Waals surface area contributed by atoms with Gasteiger partial charge in [-0.05, 0) is 100 Å². The second-order valence-electron chi connectivity index (χ2n) is 24.4. The molecule has 0 bridgehead atoms. The SMILES string of the molecule is C#C[C@H]1CC(F)(F)CN1C(=O)CNC(=O)c1ccnc2ccc(OCCCCC3CCN(C(=O)CN4C(=O)CC(SCC(CCCCNC(=O)CCCc5ccc(C)cc5)NC(=O)CN5CCN(COC=O)CCN(COC=O)CCN(CC(=O)O)CC5)C4=O)CC3)cc12. The zero-order valence-electron chi connectivity index (χ0n) is 53.6. The second kappa shape index (κ2) is 37.9. The van der Waals surface area contributed by atoms with Crippen LogP contribution in [0.2, 0.25) is 0 Å². The van der Waals surface area contributed by atoms with Crippen LogP contribution in [0, 0.1) is 25.2 Å². The number of carbonyl (C=O) groups is 10. The molecule has 3 aromatic rings. The van der Waals surface area contributed by atoms with Crippen molar-refractivity contribution >= 4 is 82.9 Å². The van der Waals surface area contributed by atoms with Gasteiger partial charge in [-0.25, -0.2) is 8.78 Å². The lowest BCUT2D eigenvalue weighted by molar-refractivity contribution is -0.146. The van der Waals surface area contributed by atoms with Crippen LogP contribution in [0.25, 0.3) is 10.9 Å². The number of imide groups is 1. The van der Waals surface area contributed by atoms with Crippen LogP contribution in [-0.2, 0) is 59.0 Å². The number of rotatable bonds is 34. The molecule has 7 rings (SSSR count). The number of carboxylic acid groups (broad SMARTS) is 1. The van der Waals surface area contributed by atoms with Gasteiger partial charge in [0, 0.05) is 115 Å². The average molecular weight is 1330 g/mol. The largest absolute Gasteiger partial charge is 0.494 e. The summed E-state index contributed by atoms with van der Waals surface area (Å²) in [6.45, 7) is 5.29. The maximum atomic E-state index is 14.1. The van der Waals surface area contributed by atoms with E-state index < -0.39 is 72.4 Å². The molecule has 0 saturated carbocycles. The summed E-state index contributed by atoms with van der Waals surface area (Å²) in [4.78, 5) is 143. The number of carbonyl (C=O) groups excluding carboxylic acids is 9. The molecular weight excluding hydrogens is 1240 g/mol. The van der Waals surface area contributed by atoms with Crippen LogP contribution in [-0.4, -0.2) is 258 Å². The maximum Gasteiger partial charge on any atom is 0.317 e. The molecule has 4 fully saturated rings. The number of halogens is 2. The van der Waals surface area contributed by atoms with E-state index in [1.54, 1.807) is 28.0 Å². The maximum absolute atomic E-state index is 14.1. The molecule has 25 nitrogen and oxygen atoms in total. The molecule has 5 heterocycles. The number of fused-ring (bicyclic) bond motifs is 1. The fourth-order valence-corrected chi connectivity index (χ4v) is 13.2. The predicted octanol–water partition coefficient (Wildman–Crippen LogP) is 3.15. The minimum Gasteiger partial charge on any atom is -0.494 e. The molecule has 7 amide bonds. The molecule has 0 radical (unpaired) electrons. The topological polar surface area (TPSA) is 290 Å². The van der Waals surface area contributed by atoms with Crippen LogP contribution < -0.4 is 20.7 Å². The van der Waals surface area contributed by atoms with E-state index in [-0.39, 0.29) is 68.6 Å². The van der Waals surface area contributed by atoms with Gasteiger partial charge < -0.3 is 45.1 Å². The standard InChI is InChI=1S/C66H89F2N11O14S/c1-3-52-37-66(67,68)43-79(52)61(85)38-71-64(89)54-19-23-69-56-18-17-53(35-55(54)56)93-34-7-5-9-50-20-24-77(25-21-50)62(86)40-78-60(84)36-57(65(78)90)94-42-51(11-4-6-22-70-58(82)12-8-10-49-15-13-48(2)14-16-49)72-59(83)39-73-26-27-74(41-63(87)88)29-31-76(45-92-47-81)33-32-75(30-28-73)44-91-46-80/h1,13-19,23,35,46-47,50-52,57H,4-12,20-22,24-34,36-45H2,2H3,(H,70,82)(H,71,89)(H,72,83)(H,87,88)/t51?,52-,57?/m0/s1. The van der Waals surface area contributed by atoms with Crippen molar-refractivity contribution in [1.82, 2.24) is 55.2 Å². The summed E-state index contributed by atoms with van der Waals surface area (Å²) in [6, 6.07) is 13.4. The second-order valence-corrected chi connectivity index (χ2v) is 25.6. The fraction of sp³-hybridized carbons (Fsp3) is 0.591. The van der Waals surface area contributed by atoms with Crippen molar-refractivity contribution in [3.8, 4) is 18.1 Å². The summed E-state index contributed by atoms with van der Waals surface area (Å²) in [5, 5.41) is 18.1. The first-order valence-corrected chi connectivity index (χ1v) is 33.3. The van der Waals surface area contributed by atoms with Gasteiger partial charge in [-0.2, -0.15) is 0 Å². The Hall–Kier alpha value is -7.84. The molecule has 2 unspecified atom stereocenters. The number of alkyl halides is 2. The van der Waals surface area contributed by atoms with Crippen LogP contribution in [0.3, 0.4) is 0 Å². The number of terminal acetylenes is 1. The first-order valence-electron chi connectivity index (χ1n) is 32.3. The van der Waals surface area contributed by atoms with E-state index in [0.29, 0.717) is 146 Å². The number of likely N-dealkylation sites (tertiary alicyclic amines) is 3. The van der Waals surface area contributed by atoms with Crippen molar-refractivity contribution in [3.05, 3.63) is 71.4 Å². The van der Waals surface area contributed by atoms with Crippen molar-refractivity contribution in [2.75, 3.05) is 131 Å². The number of nitrogens with one attached hydrogen (secondary N) is 3. The smallest absolute Gasteiger partial charge is 0.317 e. The van der Waals surface area contributed by atoms with Crippen LogP contribution in [0.15, 0.2) is 54.7 Å². The third kappa shape index (κ3) is 24.2. The third-order valence-corrected chi connectivity index (χ3v) is 18.7. The molecule has 4 aliphatic heterocycles. The van der Waals surface area contributed by atoms with E-state index in [9.17, 15) is 61.8 Å². The number of aromatic nitrogens is 1. The highest BCUT2D eigenvalue weighted by molar-refractivity contribution is 8.00. The fourth-order valence-electron chi connectivity index (χ4n) is 11.9. The molecule has 0 aliphatic carbocycles. The highest BCUT2D eigenvalue weighted by Crippen LogP contribution is 2.32. The number of aliphatic carboxylic acids is 1. The molecule has 1 aromatic heterocycles. The number of nitrogens with zero attached hydrogens (tertiary/aromatic N) is 8. The van der Waals surface area contributed by atoms with Crippen molar-refractivity contribution in [2.24, 2.45) is 5.92 Å². The molecule has 4 aliphatic rings. The summed E-state index contributed by atoms with van der Waals surface area (Å²) in [6.07, 6.45) is 13.7. The van der Waals surface area contributed by atoms with Crippen LogP contribution in [0.5, 0.6) is 5.75 Å². The number of thioether (sulfide) groups is 1. The van der Waals surface area contributed by atoms with Gasteiger partial charge in [0.25, 0.3) is 24.8 Å². The Kier molecular flexibility index (Phi) is 29.7. The predicted molar refractivity (Wildman–Crippen MR) is 345 cm³/mol. The molecule has 4 N–H and O–H groups in total. The van der Waals surface area contributed by atoms with Crippen LogP contribution in [0.4, 0.5) is 8.78 Å². The number of hydrogen-bond donors (Lipinski definition) is 4. The molecule has 0 spiro atoms. The minimum absolute atomic E-state index is 0.00929. The number of pyridine rings is 1. The monoisotopic (exact) mass is 1330 g/mol. The Morgan fingerprint density at radius 1 is 0.798 bits per heavy atom. The molecule has 3 atom stereocenters. The molecule has 4 saturated heterocycles. The first-order chi connectivity index (χ1) is 45.3. The van der Waals surface area contributed by atoms with Crippen LogP contribution in [0.1, 0.15) is 98.5 Å². The highest BCUT2D eigenvalue weighted by atomic mass is 32.2. The number of benzene rings is 2. The quantitative estimate of drug-likeness (QED) is 0.0289. The van der Waals surface area contributed by atoms with E-state index >= 15 is 0 Å². The normalized spacial score (nSPS) is 19.1. The van der Waals surface area contributed by atoms with E-state index in [1.807, 2.05) is 21.6 Å². The van der Waals surface area contributed by atoms with Gasteiger partial charge in [-0.3, -0.25) is 77.4 Å². The molecule has 94 heavy (non-hydrogen) atoms. The van der Waals surface area contributed by atoms with E-state index in [1.165, 1.54) is 35.2 Å². The summed E-state index contributed by atoms with van der Waals surface area (Å²) >= 11 is 1.25. The van der Waals surface area contributed by atoms with Gasteiger partial charge in [0.15, 0.2) is 0 Å². The van der Waals surface area contributed by atoms with Crippen molar-refractivity contribution in [1.29, 1.82) is 0 Å². The van der Waals surface area contributed by atoms with Gasteiger partial charge in [0.05, 0.1) is 55.2 Å². The summed E-state index contributed by atoms with van der Waals surface area (Å²) in [5.74, 6) is -3.66. The minimum atomic E-state index is -3.10. The average Bonchev–Trinajstić information content (AvgIpc) is 1.14. The van der Waals surface area contributed by atoms with Gasteiger partial charge in [0.2, 0.25) is 35.4 Å². The number of amides is 7. The highest BCUT2D eigenvalue weighted by Gasteiger charge is 2.46.